The minimum Gasteiger partial charge on any atom is -0.380 e. The van der Waals surface area contributed by atoms with Crippen LogP contribution in [0, 0.1) is 11.8 Å². The van der Waals surface area contributed by atoms with Crippen molar-refractivity contribution in [2.24, 2.45) is 11.8 Å². The smallest absolute Gasteiger partial charge is 0.0716 e. The van der Waals surface area contributed by atoms with Crippen LogP contribution < -0.4 is 5.32 Å². The quantitative estimate of drug-likeness (QED) is 0.871. The number of hydrogen-bond acceptors (Lipinski definition) is 2. The molecule has 1 aromatic carbocycles. The van der Waals surface area contributed by atoms with Crippen LogP contribution >= 0.6 is 0 Å². The SMILES string of the molecule is COCc1ccccc1CNC1CCC(C)CC1C. The molecule has 0 heterocycles. The van der Waals surface area contributed by atoms with Gasteiger partial charge in [0, 0.05) is 19.7 Å². The van der Waals surface area contributed by atoms with Gasteiger partial charge in [0.05, 0.1) is 6.61 Å². The van der Waals surface area contributed by atoms with Gasteiger partial charge in [0.1, 0.15) is 0 Å². The largest absolute Gasteiger partial charge is 0.380 e. The molecule has 1 aliphatic carbocycles. The molecule has 2 heteroatoms. The summed E-state index contributed by atoms with van der Waals surface area (Å²) in [6.07, 6.45) is 4.04. The fourth-order valence-electron chi connectivity index (χ4n) is 3.24. The van der Waals surface area contributed by atoms with Crippen molar-refractivity contribution in [2.75, 3.05) is 7.11 Å². The average molecular weight is 261 g/mol. The van der Waals surface area contributed by atoms with E-state index in [1.54, 1.807) is 7.11 Å². The first-order valence-corrected chi connectivity index (χ1v) is 7.49. The fraction of sp³-hybridized carbons (Fsp3) is 0.647. The summed E-state index contributed by atoms with van der Waals surface area (Å²) in [5.41, 5.74) is 2.67. The number of ether oxygens (including phenoxy) is 1. The molecule has 3 atom stereocenters. The molecule has 3 unspecified atom stereocenters. The Morgan fingerprint density at radius 2 is 1.89 bits per heavy atom. The molecule has 2 nitrogen and oxygen atoms in total. The molecular formula is C17H27NO. The van der Waals surface area contributed by atoms with Crippen molar-refractivity contribution in [2.45, 2.75) is 52.3 Å². The topological polar surface area (TPSA) is 21.3 Å². The first-order valence-electron chi connectivity index (χ1n) is 7.49. The summed E-state index contributed by atoms with van der Waals surface area (Å²) >= 11 is 0. The Morgan fingerprint density at radius 1 is 1.16 bits per heavy atom. The Kier molecular flexibility index (Phi) is 5.41. The monoisotopic (exact) mass is 261 g/mol. The zero-order valence-corrected chi connectivity index (χ0v) is 12.5. The highest BCUT2D eigenvalue weighted by molar-refractivity contribution is 5.26. The Balaban J connectivity index is 1.91. The van der Waals surface area contributed by atoms with E-state index < -0.39 is 0 Å². The second-order valence-electron chi connectivity index (χ2n) is 6.08. The second-order valence-corrected chi connectivity index (χ2v) is 6.08. The predicted octanol–water partition coefficient (Wildman–Crippen LogP) is 3.75. The van der Waals surface area contributed by atoms with Crippen molar-refractivity contribution in [1.82, 2.24) is 5.32 Å². The second kappa shape index (κ2) is 7.06. The molecule has 1 aliphatic rings. The maximum Gasteiger partial charge on any atom is 0.0716 e. The third kappa shape index (κ3) is 4.05. The van der Waals surface area contributed by atoms with Crippen molar-refractivity contribution in [3.8, 4) is 0 Å². The van der Waals surface area contributed by atoms with E-state index in [0.717, 1.165) is 18.4 Å². The van der Waals surface area contributed by atoms with Crippen LogP contribution in [0.5, 0.6) is 0 Å². The molecule has 1 fully saturated rings. The van der Waals surface area contributed by atoms with Crippen molar-refractivity contribution in [1.29, 1.82) is 0 Å². The molecule has 106 valence electrons. The minimum absolute atomic E-state index is 0.673. The fourth-order valence-corrected chi connectivity index (χ4v) is 3.24. The highest BCUT2D eigenvalue weighted by Gasteiger charge is 2.24. The van der Waals surface area contributed by atoms with Gasteiger partial charge in [-0.2, -0.15) is 0 Å². The van der Waals surface area contributed by atoms with E-state index in [0.29, 0.717) is 12.6 Å². The Labute approximate surface area is 117 Å². The van der Waals surface area contributed by atoms with Gasteiger partial charge in [-0.1, -0.05) is 38.1 Å². The third-order valence-corrected chi connectivity index (χ3v) is 4.40. The molecule has 2 rings (SSSR count). The normalized spacial score (nSPS) is 27.4. The van der Waals surface area contributed by atoms with Gasteiger partial charge in [-0.25, -0.2) is 0 Å². The van der Waals surface area contributed by atoms with E-state index in [1.807, 2.05) is 0 Å². The van der Waals surface area contributed by atoms with E-state index in [-0.39, 0.29) is 0 Å². The number of benzene rings is 1. The van der Waals surface area contributed by atoms with E-state index in [1.165, 1.54) is 30.4 Å². The van der Waals surface area contributed by atoms with Crippen molar-refractivity contribution in [3.05, 3.63) is 35.4 Å². The maximum absolute atomic E-state index is 5.27. The summed E-state index contributed by atoms with van der Waals surface area (Å²) in [5, 5.41) is 3.75. The molecule has 0 spiro atoms. The van der Waals surface area contributed by atoms with Crippen LogP contribution in [0.15, 0.2) is 24.3 Å². The van der Waals surface area contributed by atoms with E-state index in [4.69, 9.17) is 4.74 Å². The number of methoxy groups -OCH3 is 1. The van der Waals surface area contributed by atoms with Crippen LogP contribution in [0.1, 0.15) is 44.2 Å². The standard InChI is InChI=1S/C17H27NO/c1-13-8-9-17(14(2)10-13)18-11-15-6-4-5-7-16(15)12-19-3/h4-7,13-14,17-18H,8-12H2,1-3H3. The van der Waals surface area contributed by atoms with Gasteiger partial charge in [0.2, 0.25) is 0 Å². The van der Waals surface area contributed by atoms with Gasteiger partial charge < -0.3 is 10.1 Å². The summed E-state index contributed by atoms with van der Waals surface area (Å²) in [6.45, 7) is 6.42. The lowest BCUT2D eigenvalue weighted by molar-refractivity contribution is 0.183. The van der Waals surface area contributed by atoms with Gasteiger partial charge in [0.15, 0.2) is 0 Å². The zero-order chi connectivity index (χ0) is 13.7. The average Bonchev–Trinajstić information content (AvgIpc) is 2.40. The molecule has 0 saturated heterocycles. The summed E-state index contributed by atoms with van der Waals surface area (Å²) in [5.74, 6) is 1.69. The molecule has 1 saturated carbocycles. The lowest BCUT2D eigenvalue weighted by atomic mass is 9.80. The molecule has 0 amide bonds. The molecule has 0 bridgehead atoms. The van der Waals surface area contributed by atoms with Crippen LogP contribution in [-0.2, 0) is 17.9 Å². The van der Waals surface area contributed by atoms with Gasteiger partial charge in [0.25, 0.3) is 0 Å². The molecule has 19 heavy (non-hydrogen) atoms. The maximum atomic E-state index is 5.27. The van der Waals surface area contributed by atoms with Crippen LogP contribution in [-0.4, -0.2) is 13.2 Å². The van der Waals surface area contributed by atoms with Gasteiger partial charge in [-0.3, -0.25) is 0 Å². The zero-order valence-electron chi connectivity index (χ0n) is 12.5. The van der Waals surface area contributed by atoms with E-state index >= 15 is 0 Å². The lowest BCUT2D eigenvalue weighted by Gasteiger charge is -2.33. The van der Waals surface area contributed by atoms with Gasteiger partial charge >= 0.3 is 0 Å². The molecule has 1 aromatic rings. The van der Waals surface area contributed by atoms with Gasteiger partial charge in [-0.15, -0.1) is 0 Å². The first-order chi connectivity index (χ1) is 9.20. The van der Waals surface area contributed by atoms with Crippen molar-refractivity contribution in [3.63, 3.8) is 0 Å². The van der Waals surface area contributed by atoms with E-state index in [9.17, 15) is 0 Å². The highest BCUT2D eigenvalue weighted by atomic mass is 16.5. The van der Waals surface area contributed by atoms with Crippen LogP contribution in [0.4, 0.5) is 0 Å². The number of nitrogens with one attached hydrogen (secondary N) is 1. The van der Waals surface area contributed by atoms with Crippen molar-refractivity contribution < 1.29 is 4.74 Å². The molecule has 0 radical (unpaired) electrons. The Bertz CT molecular complexity index is 391. The Hall–Kier alpha value is -0.860. The molecule has 0 aromatic heterocycles. The first kappa shape index (κ1) is 14.5. The summed E-state index contributed by atoms with van der Waals surface area (Å²) in [6, 6.07) is 9.24. The lowest BCUT2D eigenvalue weighted by Crippen LogP contribution is -2.38. The molecule has 1 N–H and O–H groups in total. The van der Waals surface area contributed by atoms with E-state index in [2.05, 4.69) is 43.4 Å². The molecular weight excluding hydrogens is 234 g/mol. The molecule has 0 aliphatic heterocycles. The van der Waals surface area contributed by atoms with Gasteiger partial charge in [-0.05, 0) is 42.2 Å². The van der Waals surface area contributed by atoms with Crippen LogP contribution in [0.2, 0.25) is 0 Å². The predicted molar refractivity (Wildman–Crippen MR) is 80.0 cm³/mol. The highest BCUT2D eigenvalue weighted by Crippen LogP contribution is 2.28. The number of hydrogen-bond donors (Lipinski definition) is 1. The third-order valence-electron chi connectivity index (χ3n) is 4.40. The van der Waals surface area contributed by atoms with Crippen molar-refractivity contribution >= 4 is 0 Å². The minimum atomic E-state index is 0.673. The summed E-state index contributed by atoms with van der Waals surface area (Å²) in [4.78, 5) is 0. The van der Waals surface area contributed by atoms with Crippen LogP contribution in [0.25, 0.3) is 0 Å². The Morgan fingerprint density at radius 3 is 2.58 bits per heavy atom. The summed E-state index contributed by atoms with van der Waals surface area (Å²) in [7, 11) is 1.76. The van der Waals surface area contributed by atoms with Crippen LogP contribution in [0.3, 0.4) is 0 Å². The number of rotatable bonds is 5. The summed E-state index contributed by atoms with van der Waals surface area (Å²) < 4.78 is 5.27.